The molecule has 0 aromatic heterocycles. The Morgan fingerprint density at radius 2 is 2.00 bits per heavy atom. The van der Waals surface area contributed by atoms with Crippen molar-refractivity contribution in [3.63, 3.8) is 0 Å². The van der Waals surface area contributed by atoms with Gasteiger partial charge in [0, 0.05) is 47.4 Å². The van der Waals surface area contributed by atoms with Crippen LogP contribution < -0.4 is 10.6 Å². The van der Waals surface area contributed by atoms with Gasteiger partial charge in [0.2, 0.25) is 5.91 Å². The summed E-state index contributed by atoms with van der Waals surface area (Å²) in [5.41, 5.74) is -0.466. The third-order valence-corrected chi connectivity index (χ3v) is 4.32. The van der Waals surface area contributed by atoms with Crippen LogP contribution >= 0.6 is 0 Å². The summed E-state index contributed by atoms with van der Waals surface area (Å²) in [6, 6.07) is 0. The number of guanidine groups is 1. The first kappa shape index (κ1) is 18.7. The molecule has 0 saturated carbocycles. The van der Waals surface area contributed by atoms with E-state index in [0.29, 0.717) is 6.54 Å². The van der Waals surface area contributed by atoms with Crippen molar-refractivity contribution in [2.75, 3.05) is 47.4 Å². The quantitative estimate of drug-likeness (QED) is 0.569. The van der Waals surface area contributed by atoms with Crippen LogP contribution in [0.2, 0.25) is 0 Å². The Morgan fingerprint density at radius 3 is 2.55 bits per heavy atom. The fraction of sp³-hybridized carbons (Fsp3) is 0.875. The van der Waals surface area contributed by atoms with E-state index in [9.17, 15) is 4.79 Å². The molecule has 1 aliphatic rings. The highest BCUT2D eigenvalue weighted by atomic mass is 16.5. The summed E-state index contributed by atoms with van der Waals surface area (Å²) in [6.07, 6.45) is 3.46. The largest absolute Gasteiger partial charge is 0.381 e. The van der Waals surface area contributed by atoms with Gasteiger partial charge >= 0.3 is 0 Å². The third-order valence-electron chi connectivity index (χ3n) is 4.32. The number of amides is 1. The summed E-state index contributed by atoms with van der Waals surface area (Å²) >= 11 is 0. The van der Waals surface area contributed by atoms with E-state index in [1.807, 2.05) is 20.9 Å². The van der Waals surface area contributed by atoms with E-state index in [0.717, 1.165) is 50.9 Å². The Kier molecular flexibility index (Phi) is 7.65. The van der Waals surface area contributed by atoms with Crippen LogP contribution in [0.25, 0.3) is 0 Å². The molecule has 0 atom stereocenters. The molecule has 0 aromatic carbocycles. The van der Waals surface area contributed by atoms with Crippen LogP contribution in [0.3, 0.4) is 0 Å². The highest BCUT2D eigenvalue weighted by Gasteiger charge is 2.27. The van der Waals surface area contributed by atoms with Crippen LogP contribution in [0.15, 0.2) is 4.99 Å². The van der Waals surface area contributed by atoms with Gasteiger partial charge in [0.1, 0.15) is 0 Å². The number of carbonyl (C=O) groups excluding carboxylic acids is 1. The SMILES string of the molecule is CN=C(NCC(C)(C)C(=O)NC)N(C)CCC1CCOCC1. The van der Waals surface area contributed by atoms with Gasteiger partial charge in [-0.25, -0.2) is 0 Å². The van der Waals surface area contributed by atoms with Gasteiger partial charge in [0.05, 0.1) is 5.41 Å². The molecule has 0 aromatic rings. The predicted molar refractivity (Wildman–Crippen MR) is 90.0 cm³/mol. The van der Waals surface area contributed by atoms with Crippen LogP contribution in [0, 0.1) is 11.3 Å². The number of nitrogens with zero attached hydrogens (tertiary/aromatic N) is 2. The molecule has 0 spiro atoms. The molecule has 2 N–H and O–H groups in total. The van der Waals surface area contributed by atoms with E-state index in [1.165, 1.54) is 0 Å². The molecule has 1 saturated heterocycles. The predicted octanol–water partition coefficient (Wildman–Crippen LogP) is 1.08. The summed E-state index contributed by atoms with van der Waals surface area (Å²) in [5.74, 6) is 1.61. The van der Waals surface area contributed by atoms with Crippen molar-refractivity contribution in [2.24, 2.45) is 16.3 Å². The van der Waals surface area contributed by atoms with Crippen molar-refractivity contribution >= 4 is 11.9 Å². The first-order chi connectivity index (χ1) is 10.4. The lowest BCUT2D eigenvalue weighted by Gasteiger charge is -2.29. The van der Waals surface area contributed by atoms with Crippen molar-refractivity contribution in [1.82, 2.24) is 15.5 Å². The normalized spacial score (nSPS) is 17.2. The zero-order valence-corrected chi connectivity index (χ0v) is 14.7. The van der Waals surface area contributed by atoms with E-state index in [-0.39, 0.29) is 5.91 Å². The second-order valence-electron chi connectivity index (χ2n) is 6.63. The maximum absolute atomic E-state index is 11.8. The van der Waals surface area contributed by atoms with E-state index >= 15 is 0 Å². The highest BCUT2D eigenvalue weighted by Crippen LogP contribution is 2.18. The molecule has 1 fully saturated rings. The maximum Gasteiger partial charge on any atom is 0.227 e. The Hall–Kier alpha value is -1.30. The molecule has 0 unspecified atom stereocenters. The fourth-order valence-corrected chi connectivity index (χ4v) is 2.62. The second kappa shape index (κ2) is 8.98. The number of rotatable bonds is 6. The number of carbonyl (C=O) groups is 1. The lowest BCUT2D eigenvalue weighted by Crippen LogP contribution is -2.48. The molecule has 1 rings (SSSR count). The Bertz CT molecular complexity index is 376. The third kappa shape index (κ3) is 5.83. The molecule has 6 heteroatoms. The molecule has 1 amide bonds. The number of ether oxygens (including phenoxy) is 1. The average molecular weight is 312 g/mol. The topological polar surface area (TPSA) is 66.0 Å². The zero-order chi connectivity index (χ0) is 16.6. The number of aliphatic imine (C=N–C) groups is 1. The summed E-state index contributed by atoms with van der Waals surface area (Å²) < 4.78 is 5.40. The number of hydrogen-bond acceptors (Lipinski definition) is 3. The Balaban J connectivity index is 2.41. The lowest BCUT2D eigenvalue weighted by molar-refractivity contribution is -0.128. The van der Waals surface area contributed by atoms with Crippen LogP contribution in [0.5, 0.6) is 0 Å². The van der Waals surface area contributed by atoms with Crippen molar-refractivity contribution in [1.29, 1.82) is 0 Å². The Labute approximate surface area is 134 Å². The fourth-order valence-electron chi connectivity index (χ4n) is 2.62. The molecule has 0 aliphatic carbocycles. The van der Waals surface area contributed by atoms with Crippen molar-refractivity contribution < 1.29 is 9.53 Å². The molecular weight excluding hydrogens is 280 g/mol. The Morgan fingerprint density at radius 1 is 1.36 bits per heavy atom. The average Bonchev–Trinajstić information content (AvgIpc) is 2.53. The van der Waals surface area contributed by atoms with Gasteiger partial charge in [-0.15, -0.1) is 0 Å². The van der Waals surface area contributed by atoms with Crippen molar-refractivity contribution in [3.8, 4) is 0 Å². The smallest absolute Gasteiger partial charge is 0.227 e. The monoisotopic (exact) mass is 312 g/mol. The standard InChI is InChI=1S/C16H32N4O2/c1-16(2,14(21)17-3)12-19-15(18-4)20(5)9-6-13-7-10-22-11-8-13/h13H,6-12H2,1-5H3,(H,17,21)(H,18,19). The van der Waals surface area contributed by atoms with Crippen molar-refractivity contribution in [3.05, 3.63) is 0 Å². The lowest BCUT2D eigenvalue weighted by atomic mass is 9.92. The van der Waals surface area contributed by atoms with Gasteiger partial charge < -0.3 is 20.3 Å². The summed E-state index contributed by atoms with van der Waals surface area (Å²) in [6.45, 7) is 7.15. The van der Waals surface area contributed by atoms with Crippen LogP contribution in [0.1, 0.15) is 33.1 Å². The maximum atomic E-state index is 11.8. The van der Waals surface area contributed by atoms with E-state index in [2.05, 4.69) is 20.5 Å². The number of hydrogen-bond donors (Lipinski definition) is 2. The zero-order valence-electron chi connectivity index (χ0n) is 14.7. The molecule has 6 nitrogen and oxygen atoms in total. The second-order valence-corrected chi connectivity index (χ2v) is 6.63. The van der Waals surface area contributed by atoms with Gasteiger partial charge in [0.25, 0.3) is 0 Å². The van der Waals surface area contributed by atoms with Gasteiger partial charge in [-0.1, -0.05) is 0 Å². The minimum absolute atomic E-state index is 0.0281. The van der Waals surface area contributed by atoms with Gasteiger partial charge in [0.15, 0.2) is 5.96 Å². The summed E-state index contributed by atoms with van der Waals surface area (Å²) in [5, 5.41) is 6.00. The molecule has 1 heterocycles. The molecule has 0 bridgehead atoms. The molecule has 1 aliphatic heterocycles. The van der Waals surface area contributed by atoms with E-state index < -0.39 is 5.41 Å². The highest BCUT2D eigenvalue weighted by molar-refractivity contribution is 5.84. The van der Waals surface area contributed by atoms with Crippen LogP contribution in [-0.2, 0) is 9.53 Å². The first-order valence-corrected chi connectivity index (χ1v) is 8.12. The van der Waals surface area contributed by atoms with Crippen LogP contribution in [-0.4, -0.2) is 64.2 Å². The van der Waals surface area contributed by atoms with Crippen molar-refractivity contribution in [2.45, 2.75) is 33.1 Å². The number of nitrogens with one attached hydrogen (secondary N) is 2. The first-order valence-electron chi connectivity index (χ1n) is 8.12. The minimum atomic E-state index is -0.466. The molecule has 22 heavy (non-hydrogen) atoms. The molecule has 128 valence electrons. The van der Waals surface area contributed by atoms with Gasteiger partial charge in [-0.2, -0.15) is 0 Å². The summed E-state index contributed by atoms with van der Waals surface area (Å²) in [4.78, 5) is 18.3. The van der Waals surface area contributed by atoms with Gasteiger partial charge in [-0.3, -0.25) is 9.79 Å². The van der Waals surface area contributed by atoms with E-state index in [1.54, 1.807) is 14.1 Å². The summed E-state index contributed by atoms with van der Waals surface area (Å²) in [7, 11) is 5.49. The minimum Gasteiger partial charge on any atom is -0.381 e. The molecule has 0 radical (unpaired) electrons. The molecular formula is C16H32N4O2. The van der Waals surface area contributed by atoms with E-state index in [4.69, 9.17) is 4.74 Å². The van der Waals surface area contributed by atoms with Crippen LogP contribution in [0.4, 0.5) is 0 Å². The van der Waals surface area contributed by atoms with Gasteiger partial charge in [-0.05, 0) is 39.0 Å².